The normalized spacial score (nSPS) is 10.0. The third-order valence-electron chi connectivity index (χ3n) is 2.32. The minimum absolute atomic E-state index is 0.161. The quantitative estimate of drug-likeness (QED) is 0.672. The summed E-state index contributed by atoms with van der Waals surface area (Å²) in [4.78, 5) is 50.9. The zero-order valence-electron chi connectivity index (χ0n) is 10.7. The number of hydrogen-bond donors (Lipinski definition) is 2. The lowest BCUT2D eigenvalue weighted by Gasteiger charge is -2.20. The number of carbonyl (C=O) groups is 2. The summed E-state index contributed by atoms with van der Waals surface area (Å²) < 4.78 is 4.49. The summed E-state index contributed by atoms with van der Waals surface area (Å²) in [6, 6.07) is 0.976. The SMILES string of the molecule is CCCN(CC(=O)OC)C(=O)c1cc(=O)[nH]c(=O)[nH]1. The maximum Gasteiger partial charge on any atom is 0.326 e. The van der Waals surface area contributed by atoms with Crippen molar-refractivity contribution in [2.24, 2.45) is 0 Å². The van der Waals surface area contributed by atoms with Gasteiger partial charge in [-0.2, -0.15) is 0 Å². The summed E-state index contributed by atoms with van der Waals surface area (Å²) >= 11 is 0. The molecule has 0 saturated carbocycles. The van der Waals surface area contributed by atoms with E-state index in [1.54, 1.807) is 0 Å². The molecule has 104 valence electrons. The fraction of sp³-hybridized carbons (Fsp3) is 0.455. The fourth-order valence-corrected chi connectivity index (χ4v) is 1.50. The minimum Gasteiger partial charge on any atom is -0.468 e. The molecule has 0 unspecified atom stereocenters. The molecule has 19 heavy (non-hydrogen) atoms. The third kappa shape index (κ3) is 4.09. The van der Waals surface area contributed by atoms with Gasteiger partial charge < -0.3 is 14.6 Å². The minimum atomic E-state index is -0.773. The Morgan fingerprint density at radius 1 is 1.32 bits per heavy atom. The molecule has 0 aliphatic heterocycles. The molecule has 1 heterocycles. The van der Waals surface area contributed by atoms with E-state index >= 15 is 0 Å². The second-order valence-electron chi connectivity index (χ2n) is 3.80. The van der Waals surface area contributed by atoms with Crippen molar-refractivity contribution >= 4 is 11.9 Å². The van der Waals surface area contributed by atoms with Gasteiger partial charge in [0.15, 0.2) is 0 Å². The molecule has 1 aromatic heterocycles. The van der Waals surface area contributed by atoms with E-state index in [0.717, 1.165) is 6.07 Å². The van der Waals surface area contributed by atoms with Crippen LogP contribution in [0.4, 0.5) is 0 Å². The van der Waals surface area contributed by atoms with Gasteiger partial charge in [-0.1, -0.05) is 6.92 Å². The molecule has 0 aliphatic rings. The van der Waals surface area contributed by atoms with Crippen molar-refractivity contribution < 1.29 is 14.3 Å². The van der Waals surface area contributed by atoms with Crippen LogP contribution in [0.2, 0.25) is 0 Å². The van der Waals surface area contributed by atoms with Crippen LogP contribution in [0, 0.1) is 0 Å². The van der Waals surface area contributed by atoms with E-state index in [0.29, 0.717) is 13.0 Å². The Bertz CT molecular complexity index is 546. The van der Waals surface area contributed by atoms with Crippen LogP contribution in [0.15, 0.2) is 15.7 Å². The van der Waals surface area contributed by atoms with Gasteiger partial charge in [-0.25, -0.2) is 4.79 Å². The zero-order valence-corrected chi connectivity index (χ0v) is 10.7. The lowest BCUT2D eigenvalue weighted by molar-refractivity contribution is -0.141. The Morgan fingerprint density at radius 2 is 2.00 bits per heavy atom. The van der Waals surface area contributed by atoms with Crippen molar-refractivity contribution in [2.45, 2.75) is 13.3 Å². The number of methoxy groups -OCH3 is 1. The Hall–Kier alpha value is -2.38. The second-order valence-corrected chi connectivity index (χ2v) is 3.80. The second kappa shape index (κ2) is 6.53. The van der Waals surface area contributed by atoms with E-state index in [2.05, 4.69) is 9.72 Å². The highest BCUT2D eigenvalue weighted by atomic mass is 16.5. The van der Waals surface area contributed by atoms with Crippen LogP contribution >= 0.6 is 0 Å². The standard InChI is InChI=1S/C11H15N3O5/c1-3-4-14(6-9(16)19-2)10(17)7-5-8(15)13-11(18)12-7/h5H,3-4,6H2,1-2H3,(H2,12,13,15,18). The van der Waals surface area contributed by atoms with Crippen molar-refractivity contribution in [3.8, 4) is 0 Å². The predicted octanol–water partition coefficient (Wildman–Crippen LogP) is -0.912. The average molecular weight is 269 g/mol. The number of aromatic amines is 2. The molecule has 0 radical (unpaired) electrons. The Balaban J connectivity index is 3.01. The molecule has 1 amide bonds. The van der Waals surface area contributed by atoms with Gasteiger partial charge in [-0.3, -0.25) is 19.4 Å². The molecule has 8 nitrogen and oxygen atoms in total. The first kappa shape index (κ1) is 14.7. The van der Waals surface area contributed by atoms with Gasteiger partial charge >= 0.3 is 11.7 Å². The molecule has 0 fully saturated rings. The molecule has 1 rings (SSSR count). The lowest BCUT2D eigenvalue weighted by Crippen LogP contribution is -2.39. The molecule has 8 heteroatoms. The predicted molar refractivity (Wildman–Crippen MR) is 65.9 cm³/mol. The highest BCUT2D eigenvalue weighted by molar-refractivity contribution is 5.94. The number of ether oxygens (including phenoxy) is 1. The number of hydrogen-bond acceptors (Lipinski definition) is 5. The lowest BCUT2D eigenvalue weighted by atomic mass is 10.3. The summed E-state index contributed by atoms with van der Waals surface area (Å²) in [5, 5.41) is 0. The number of nitrogens with one attached hydrogen (secondary N) is 2. The molecule has 1 aromatic rings. The number of carbonyl (C=O) groups excluding carboxylic acids is 2. The number of esters is 1. The van der Waals surface area contributed by atoms with E-state index in [-0.39, 0.29) is 12.2 Å². The summed E-state index contributed by atoms with van der Waals surface area (Å²) in [5.74, 6) is -1.18. The maximum absolute atomic E-state index is 12.1. The largest absolute Gasteiger partial charge is 0.468 e. The van der Waals surface area contributed by atoms with Crippen molar-refractivity contribution in [1.82, 2.24) is 14.9 Å². The van der Waals surface area contributed by atoms with Crippen LogP contribution in [-0.4, -0.2) is 46.9 Å². The number of aromatic nitrogens is 2. The van der Waals surface area contributed by atoms with E-state index in [1.807, 2.05) is 11.9 Å². The number of rotatable bonds is 5. The molecular formula is C11H15N3O5. The number of amides is 1. The topological polar surface area (TPSA) is 112 Å². The van der Waals surface area contributed by atoms with Crippen molar-refractivity contribution in [3.05, 3.63) is 32.6 Å². The summed E-state index contributed by atoms with van der Waals surface area (Å²) in [5.41, 5.74) is -1.61. The highest BCUT2D eigenvalue weighted by Gasteiger charge is 2.19. The number of H-pyrrole nitrogens is 2. The Morgan fingerprint density at radius 3 is 2.53 bits per heavy atom. The van der Waals surface area contributed by atoms with E-state index in [1.165, 1.54) is 12.0 Å². The van der Waals surface area contributed by atoms with Crippen LogP contribution in [0.25, 0.3) is 0 Å². The van der Waals surface area contributed by atoms with E-state index < -0.39 is 23.1 Å². The van der Waals surface area contributed by atoms with Gasteiger partial charge in [0.1, 0.15) is 12.2 Å². The van der Waals surface area contributed by atoms with Gasteiger partial charge in [0.25, 0.3) is 11.5 Å². The molecule has 2 N–H and O–H groups in total. The molecular weight excluding hydrogens is 254 g/mol. The van der Waals surface area contributed by atoms with E-state index in [4.69, 9.17) is 0 Å². The molecule has 0 saturated heterocycles. The number of nitrogens with zero attached hydrogens (tertiary/aromatic N) is 1. The Kier molecular flexibility index (Phi) is 5.04. The third-order valence-corrected chi connectivity index (χ3v) is 2.32. The van der Waals surface area contributed by atoms with Crippen LogP contribution in [-0.2, 0) is 9.53 Å². The average Bonchev–Trinajstić information content (AvgIpc) is 2.36. The smallest absolute Gasteiger partial charge is 0.326 e. The molecule has 0 aromatic carbocycles. The van der Waals surface area contributed by atoms with Crippen LogP contribution < -0.4 is 11.2 Å². The molecule has 0 aliphatic carbocycles. The summed E-state index contributed by atoms with van der Waals surface area (Å²) in [7, 11) is 1.21. The monoisotopic (exact) mass is 269 g/mol. The van der Waals surface area contributed by atoms with Gasteiger partial charge in [0.05, 0.1) is 7.11 Å². The summed E-state index contributed by atoms with van der Waals surface area (Å²) in [6.07, 6.45) is 0.621. The van der Waals surface area contributed by atoms with Gasteiger partial charge in [-0.05, 0) is 6.42 Å². The van der Waals surface area contributed by atoms with E-state index in [9.17, 15) is 19.2 Å². The molecule has 0 bridgehead atoms. The molecule has 0 atom stereocenters. The molecule has 0 spiro atoms. The zero-order chi connectivity index (χ0) is 14.4. The first-order valence-corrected chi connectivity index (χ1v) is 5.67. The highest BCUT2D eigenvalue weighted by Crippen LogP contribution is 2.00. The first-order valence-electron chi connectivity index (χ1n) is 5.67. The van der Waals surface area contributed by atoms with Crippen molar-refractivity contribution in [2.75, 3.05) is 20.2 Å². The first-order chi connectivity index (χ1) is 8.97. The van der Waals surface area contributed by atoms with Crippen molar-refractivity contribution in [3.63, 3.8) is 0 Å². The fourth-order valence-electron chi connectivity index (χ4n) is 1.50. The van der Waals surface area contributed by atoms with Gasteiger partial charge in [-0.15, -0.1) is 0 Å². The van der Waals surface area contributed by atoms with Crippen LogP contribution in [0.3, 0.4) is 0 Å². The van der Waals surface area contributed by atoms with Crippen LogP contribution in [0.5, 0.6) is 0 Å². The maximum atomic E-state index is 12.1. The Labute approximate surface area is 108 Å². The van der Waals surface area contributed by atoms with Crippen LogP contribution in [0.1, 0.15) is 23.8 Å². The summed E-state index contributed by atoms with van der Waals surface area (Å²) in [6.45, 7) is 1.90. The van der Waals surface area contributed by atoms with Gasteiger partial charge in [0.2, 0.25) is 0 Å². The van der Waals surface area contributed by atoms with Gasteiger partial charge in [0, 0.05) is 12.6 Å². The van der Waals surface area contributed by atoms with Crippen molar-refractivity contribution in [1.29, 1.82) is 0 Å².